The van der Waals surface area contributed by atoms with Crippen molar-refractivity contribution < 1.29 is 9.63 Å². The number of carbonyl (C=O) groups excluding carboxylic acids is 1. The Balaban J connectivity index is 1.66. The predicted molar refractivity (Wildman–Crippen MR) is 81.5 cm³/mol. The molecule has 0 saturated carbocycles. The van der Waals surface area contributed by atoms with E-state index >= 15 is 0 Å². The molecule has 0 aromatic carbocycles. The molecule has 0 spiro atoms. The molecular weight excluding hydrogens is 282 g/mol. The van der Waals surface area contributed by atoms with Gasteiger partial charge in [-0.05, 0) is 26.0 Å². The summed E-state index contributed by atoms with van der Waals surface area (Å²) in [6.07, 6.45) is 4.97. The summed E-state index contributed by atoms with van der Waals surface area (Å²) >= 11 is 0. The normalized spacial score (nSPS) is 17.0. The summed E-state index contributed by atoms with van der Waals surface area (Å²) in [5.41, 5.74) is 3.21. The largest absolute Gasteiger partial charge is 0.382 e. The fourth-order valence-electron chi connectivity index (χ4n) is 2.30. The third kappa shape index (κ3) is 2.83. The molecule has 3 rings (SSSR count). The highest BCUT2D eigenvalue weighted by molar-refractivity contribution is 6.06. The lowest BCUT2D eigenvalue weighted by Crippen LogP contribution is -2.28. The minimum Gasteiger partial charge on any atom is -0.382 e. The molecule has 2 aromatic heterocycles. The molecular formula is C15H17N5O2. The van der Waals surface area contributed by atoms with Crippen molar-refractivity contribution in [1.82, 2.24) is 14.8 Å². The Morgan fingerprint density at radius 2 is 2.41 bits per heavy atom. The zero-order chi connectivity index (χ0) is 15.5. The molecule has 0 fully saturated rings. The van der Waals surface area contributed by atoms with Crippen LogP contribution in [0.15, 0.2) is 35.9 Å². The van der Waals surface area contributed by atoms with Crippen molar-refractivity contribution in [2.75, 3.05) is 5.32 Å². The summed E-state index contributed by atoms with van der Waals surface area (Å²) in [4.78, 5) is 21.4. The number of aryl methyl sites for hydroxylation is 2. The number of pyridine rings is 1. The van der Waals surface area contributed by atoms with Crippen molar-refractivity contribution in [2.24, 2.45) is 5.16 Å². The number of oxime groups is 1. The first-order valence-corrected chi connectivity index (χ1v) is 7.15. The van der Waals surface area contributed by atoms with E-state index in [1.807, 2.05) is 24.7 Å². The van der Waals surface area contributed by atoms with Gasteiger partial charge in [0.15, 0.2) is 0 Å². The van der Waals surface area contributed by atoms with Crippen molar-refractivity contribution >= 4 is 17.3 Å². The highest BCUT2D eigenvalue weighted by Gasteiger charge is 2.30. The van der Waals surface area contributed by atoms with Gasteiger partial charge in [0.2, 0.25) is 6.10 Å². The van der Waals surface area contributed by atoms with E-state index in [1.54, 1.807) is 24.5 Å². The Morgan fingerprint density at radius 1 is 1.55 bits per heavy atom. The number of rotatable bonds is 4. The predicted octanol–water partition coefficient (Wildman–Crippen LogP) is 1.74. The minimum absolute atomic E-state index is 0.229. The maximum Gasteiger partial charge on any atom is 0.268 e. The first kappa shape index (κ1) is 14.2. The zero-order valence-corrected chi connectivity index (χ0v) is 12.5. The van der Waals surface area contributed by atoms with E-state index in [2.05, 4.69) is 20.6 Å². The zero-order valence-electron chi connectivity index (χ0n) is 12.5. The van der Waals surface area contributed by atoms with Crippen LogP contribution in [0.2, 0.25) is 0 Å². The van der Waals surface area contributed by atoms with Crippen molar-refractivity contribution in [1.29, 1.82) is 0 Å². The van der Waals surface area contributed by atoms with Gasteiger partial charge in [0.25, 0.3) is 5.91 Å². The van der Waals surface area contributed by atoms with Crippen LogP contribution in [0.25, 0.3) is 0 Å². The van der Waals surface area contributed by atoms with Crippen molar-refractivity contribution in [3.05, 3.63) is 42.0 Å². The third-order valence-corrected chi connectivity index (χ3v) is 3.47. The fourth-order valence-corrected chi connectivity index (χ4v) is 2.30. The van der Waals surface area contributed by atoms with Gasteiger partial charge in [-0.3, -0.25) is 14.5 Å². The van der Waals surface area contributed by atoms with Gasteiger partial charge in [-0.25, -0.2) is 0 Å². The van der Waals surface area contributed by atoms with E-state index < -0.39 is 6.10 Å². The molecule has 1 amide bonds. The smallest absolute Gasteiger partial charge is 0.268 e. The molecule has 22 heavy (non-hydrogen) atoms. The minimum atomic E-state index is -0.625. The Hall–Kier alpha value is -2.70. The molecule has 1 aliphatic rings. The highest BCUT2D eigenvalue weighted by Crippen LogP contribution is 2.20. The topological polar surface area (TPSA) is 81.4 Å². The van der Waals surface area contributed by atoms with Crippen LogP contribution in [0.4, 0.5) is 5.69 Å². The summed E-state index contributed by atoms with van der Waals surface area (Å²) in [6.45, 7) is 4.74. The Labute approximate surface area is 128 Å². The van der Waals surface area contributed by atoms with E-state index in [-0.39, 0.29) is 5.91 Å². The quantitative estimate of drug-likeness (QED) is 0.932. The molecule has 2 aromatic rings. The second-order valence-corrected chi connectivity index (χ2v) is 5.05. The lowest BCUT2D eigenvalue weighted by Gasteiger charge is -2.08. The van der Waals surface area contributed by atoms with E-state index in [1.165, 1.54) is 0 Å². The molecule has 3 heterocycles. The number of nitrogens with one attached hydrogen (secondary N) is 1. The van der Waals surface area contributed by atoms with E-state index in [0.717, 1.165) is 23.5 Å². The number of nitrogens with zero attached hydrogens (tertiary/aromatic N) is 4. The number of anilines is 1. The van der Waals surface area contributed by atoms with Crippen molar-refractivity contribution in [2.45, 2.75) is 32.9 Å². The lowest BCUT2D eigenvalue weighted by atomic mass is 10.1. The average Bonchev–Trinajstić information content (AvgIpc) is 3.14. The third-order valence-electron chi connectivity index (χ3n) is 3.47. The van der Waals surface area contributed by atoms with Crippen LogP contribution in [-0.4, -0.2) is 32.5 Å². The van der Waals surface area contributed by atoms with Gasteiger partial charge in [-0.2, -0.15) is 5.10 Å². The van der Waals surface area contributed by atoms with Crippen LogP contribution in [0.3, 0.4) is 0 Å². The molecule has 114 valence electrons. The van der Waals surface area contributed by atoms with Crippen LogP contribution in [0.5, 0.6) is 0 Å². The first-order valence-electron chi connectivity index (χ1n) is 7.15. The van der Waals surface area contributed by atoms with Crippen molar-refractivity contribution in [3.8, 4) is 0 Å². The summed E-state index contributed by atoms with van der Waals surface area (Å²) in [5, 5.41) is 11.2. The molecule has 7 nitrogen and oxygen atoms in total. The van der Waals surface area contributed by atoms with Gasteiger partial charge >= 0.3 is 0 Å². The molecule has 0 bridgehead atoms. The molecule has 1 aliphatic heterocycles. The molecule has 1 unspecified atom stereocenters. The maximum absolute atomic E-state index is 12.2. The number of carbonyl (C=O) groups is 1. The van der Waals surface area contributed by atoms with E-state index in [4.69, 9.17) is 4.84 Å². The van der Waals surface area contributed by atoms with Crippen LogP contribution < -0.4 is 5.32 Å². The average molecular weight is 299 g/mol. The second kappa shape index (κ2) is 5.97. The van der Waals surface area contributed by atoms with Gasteiger partial charge in [0.1, 0.15) is 0 Å². The van der Waals surface area contributed by atoms with E-state index in [9.17, 15) is 4.79 Å². The molecule has 7 heteroatoms. The Morgan fingerprint density at radius 3 is 3.09 bits per heavy atom. The van der Waals surface area contributed by atoms with Gasteiger partial charge in [-0.1, -0.05) is 5.16 Å². The lowest BCUT2D eigenvalue weighted by molar-refractivity contribution is -0.125. The molecule has 0 aliphatic carbocycles. The first-order chi connectivity index (χ1) is 10.7. The molecule has 0 saturated heterocycles. The van der Waals surface area contributed by atoms with Gasteiger partial charge in [-0.15, -0.1) is 0 Å². The summed E-state index contributed by atoms with van der Waals surface area (Å²) in [6, 6.07) is 3.53. The summed E-state index contributed by atoms with van der Waals surface area (Å²) in [7, 11) is 0. The Kier molecular flexibility index (Phi) is 3.86. The highest BCUT2D eigenvalue weighted by atomic mass is 16.6. The van der Waals surface area contributed by atoms with Crippen LogP contribution in [0.1, 0.15) is 24.6 Å². The Bertz CT molecular complexity index is 708. The summed E-state index contributed by atoms with van der Waals surface area (Å²) < 4.78 is 1.84. The van der Waals surface area contributed by atoms with E-state index in [0.29, 0.717) is 12.1 Å². The standard InChI is InChI=1S/C15H17N5O2/c1-3-20-9-12(10(2)18-20)13-7-14(22-19-13)15(21)17-11-5-4-6-16-8-11/h4-6,8-9,14H,3,7H2,1-2H3,(H,17,21). The monoisotopic (exact) mass is 299 g/mol. The maximum atomic E-state index is 12.2. The van der Waals surface area contributed by atoms with Crippen molar-refractivity contribution in [3.63, 3.8) is 0 Å². The molecule has 0 radical (unpaired) electrons. The van der Waals surface area contributed by atoms with Crippen LogP contribution in [0, 0.1) is 6.92 Å². The number of hydrogen-bond donors (Lipinski definition) is 1. The number of amides is 1. The number of aromatic nitrogens is 3. The molecule has 1 N–H and O–H groups in total. The second-order valence-electron chi connectivity index (χ2n) is 5.05. The molecule has 1 atom stereocenters. The van der Waals surface area contributed by atoms with Gasteiger partial charge < -0.3 is 10.2 Å². The number of hydrogen-bond acceptors (Lipinski definition) is 5. The van der Waals surface area contributed by atoms with Gasteiger partial charge in [0, 0.05) is 30.9 Å². The fraction of sp³-hybridized carbons (Fsp3) is 0.333. The summed E-state index contributed by atoms with van der Waals surface area (Å²) in [5.74, 6) is -0.229. The van der Waals surface area contributed by atoms with Crippen LogP contribution in [-0.2, 0) is 16.2 Å². The van der Waals surface area contributed by atoms with Crippen LogP contribution >= 0.6 is 0 Å². The van der Waals surface area contributed by atoms with Gasteiger partial charge in [0.05, 0.1) is 23.3 Å². The SMILES string of the molecule is CCn1cc(C2=NOC(C(=O)Nc3cccnc3)C2)c(C)n1.